The second kappa shape index (κ2) is 4.51. The smallest absolute Gasteiger partial charge is 0.327 e. The van der Waals surface area contributed by atoms with E-state index in [0.29, 0.717) is 0 Å². The lowest BCUT2D eigenvalue weighted by molar-refractivity contribution is -0.128. The van der Waals surface area contributed by atoms with E-state index in [1.54, 1.807) is 6.92 Å². The van der Waals surface area contributed by atoms with Gasteiger partial charge in [-0.25, -0.2) is 13.2 Å². The summed E-state index contributed by atoms with van der Waals surface area (Å²) in [5.41, 5.74) is 0. The van der Waals surface area contributed by atoms with Crippen molar-refractivity contribution in [2.75, 3.05) is 24.7 Å². The first-order valence-electron chi connectivity index (χ1n) is 5.85. The number of aliphatic hydroxyl groups is 1. The lowest BCUT2D eigenvalue weighted by atomic mass is 10.1. The van der Waals surface area contributed by atoms with Crippen molar-refractivity contribution in [1.82, 2.24) is 9.80 Å². The SMILES string of the molecule is CCC(=O)N1C(=O)N(CCO)[C@H]2CS(=O)(=O)C[C@@H]21. The zero-order valence-corrected chi connectivity index (χ0v) is 10.9. The molecule has 0 aromatic rings. The number of rotatable bonds is 3. The van der Waals surface area contributed by atoms with E-state index >= 15 is 0 Å². The largest absolute Gasteiger partial charge is 0.395 e. The Hall–Kier alpha value is -1.15. The number of urea groups is 1. The molecule has 0 aliphatic carbocycles. The van der Waals surface area contributed by atoms with E-state index in [1.807, 2.05) is 0 Å². The van der Waals surface area contributed by atoms with Gasteiger partial charge in [-0.1, -0.05) is 6.92 Å². The molecular formula is C10H16N2O5S. The number of carbonyl (C=O) groups excluding carboxylic acids is 2. The number of fused-ring (bicyclic) bond motifs is 1. The molecule has 2 heterocycles. The minimum Gasteiger partial charge on any atom is -0.395 e. The van der Waals surface area contributed by atoms with E-state index in [-0.39, 0.29) is 37.0 Å². The molecule has 2 fully saturated rings. The molecule has 2 rings (SSSR count). The summed E-state index contributed by atoms with van der Waals surface area (Å²) >= 11 is 0. The highest BCUT2D eigenvalue weighted by atomic mass is 32.2. The first-order valence-corrected chi connectivity index (χ1v) is 7.67. The van der Waals surface area contributed by atoms with Crippen molar-refractivity contribution in [3.05, 3.63) is 0 Å². The molecule has 2 aliphatic heterocycles. The fraction of sp³-hybridized carbons (Fsp3) is 0.800. The molecule has 0 aromatic heterocycles. The zero-order valence-electron chi connectivity index (χ0n) is 10.1. The number of nitrogens with zero attached hydrogens (tertiary/aromatic N) is 2. The number of hydrogen-bond acceptors (Lipinski definition) is 5. The van der Waals surface area contributed by atoms with E-state index in [9.17, 15) is 18.0 Å². The highest BCUT2D eigenvalue weighted by Gasteiger charge is 2.54. The van der Waals surface area contributed by atoms with Crippen LogP contribution in [0.15, 0.2) is 0 Å². The molecule has 0 spiro atoms. The third-order valence-corrected chi connectivity index (χ3v) is 5.09. The van der Waals surface area contributed by atoms with Crippen molar-refractivity contribution in [2.45, 2.75) is 25.4 Å². The summed E-state index contributed by atoms with van der Waals surface area (Å²) in [4.78, 5) is 26.1. The van der Waals surface area contributed by atoms with Crippen LogP contribution in [0.2, 0.25) is 0 Å². The van der Waals surface area contributed by atoms with E-state index in [4.69, 9.17) is 5.11 Å². The van der Waals surface area contributed by atoms with Gasteiger partial charge in [0.2, 0.25) is 5.91 Å². The van der Waals surface area contributed by atoms with Gasteiger partial charge < -0.3 is 10.0 Å². The Morgan fingerprint density at radius 2 is 2.00 bits per heavy atom. The number of carbonyl (C=O) groups is 2. The Labute approximate surface area is 105 Å². The number of sulfone groups is 1. The summed E-state index contributed by atoms with van der Waals surface area (Å²) in [6.45, 7) is 1.44. The number of hydrogen-bond donors (Lipinski definition) is 1. The normalized spacial score (nSPS) is 29.8. The highest BCUT2D eigenvalue weighted by Crippen LogP contribution is 2.31. The average molecular weight is 276 g/mol. The lowest BCUT2D eigenvalue weighted by Crippen LogP contribution is -2.42. The van der Waals surface area contributed by atoms with Crippen molar-refractivity contribution in [3.8, 4) is 0 Å². The van der Waals surface area contributed by atoms with Crippen LogP contribution in [0.25, 0.3) is 0 Å². The van der Waals surface area contributed by atoms with Crippen LogP contribution < -0.4 is 0 Å². The first kappa shape index (κ1) is 13.3. The highest BCUT2D eigenvalue weighted by molar-refractivity contribution is 7.91. The minimum atomic E-state index is -3.22. The van der Waals surface area contributed by atoms with Gasteiger partial charge in [0, 0.05) is 13.0 Å². The standard InChI is InChI=1S/C10H16N2O5S/c1-2-9(14)12-8-6-18(16,17)5-7(8)11(3-4-13)10(12)15/h7-8,13H,2-6H2,1H3/t7-,8-/m0/s1. The van der Waals surface area contributed by atoms with Gasteiger partial charge in [0.05, 0.1) is 30.2 Å². The lowest BCUT2D eigenvalue weighted by Gasteiger charge is -2.20. The minimum absolute atomic E-state index is 0.0585. The second-order valence-corrected chi connectivity index (χ2v) is 6.68. The molecule has 0 bridgehead atoms. The van der Waals surface area contributed by atoms with Crippen LogP contribution in [0.5, 0.6) is 0 Å². The molecule has 0 radical (unpaired) electrons. The van der Waals surface area contributed by atoms with Crippen LogP contribution in [0, 0.1) is 0 Å². The van der Waals surface area contributed by atoms with Crippen molar-refractivity contribution in [3.63, 3.8) is 0 Å². The molecule has 0 aromatic carbocycles. The summed E-state index contributed by atoms with van der Waals surface area (Å²) in [5.74, 6) is -0.666. The van der Waals surface area contributed by atoms with Crippen LogP contribution in [-0.4, -0.2) is 72.0 Å². The van der Waals surface area contributed by atoms with Gasteiger partial charge in [-0.15, -0.1) is 0 Å². The number of β-amino-alcohol motifs (C(OH)–C–C–N with tert-alkyl or cyclic N) is 1. The maximum Gasteiger partial charge on any atom is 0.327 e. The Bertz CT molecular complexity index is 475. The Morgan fingerprint density at radius 3 is 2.56 bits per heavy atom. The quantitative estimate of drug-likeness (QED) is 0.655. The summed E-state index contributed by atoms with van der Waals surface area (Å²) in [5, 5.41) is 8.93. The predicted octanol–water partition coefficient (Wildman–Crippen LogP) is -1.18. The van der Waals surface area contributed by atoms with Crippen LogP contribution in [-0.2, 0) is 14.6 Å². The van der Waals surface area contributed by atoms with Gasteiger partial charge in [-0.3, -0.25) is 9.69 Å². The third-order valence-electron chi connectivity index (χ3n) is 3.39. The predicted molar refractivity (Wildman–Crippen MR) is 62.6 cm³/mol. The molecule has 1 N–H and O–H groups in total. The fourth-order valence-electron chi connectivity index (χ4n) is 2.61. The molecule has 102 valence electrons. The van der Waals surface area contributed by atoms with Crippen molar-refractivity contribution in [1.29, 1.82) is 0 Å². The number of amides is 3. The van der Waals surface area contributed by atoms with Crippen molar-refractivity contribution >= 4 is 21.8 Å². The molecule has 7 nitrogen and oxygen atoms in total. The zero-order chi connectivity index (χ0) is 13.5. The summed E-state index contributed by atoms with van der Waals surface area (Å²) in [6.07, 6.45) is 0.155. The topological polar surface area (TPSA) is 95.0 Å². The Morgan fingerprint density at radius 1 is 1.39 bits per heavy atom. The summed E-state index contributed by atoms with van der Waals surface area (Å²) in [7, 11) is -3.22. The molecule has 0 unspecified atom stereocenters. The summed E-state index contributed by atoms with van der Waals surface area (Å²) in [6, 6.07) is -1.59. The average Bonchev–Trinajstić information content (AvgIpc) is 2.71. The van der Waals surface area contributed by atoms with Gasteiger partial charge in [0.15, 0.2) is 9.84 Å². The van der Waals surface area contributed by atoms with Crippen molar-refractivity contribution in [2.24, 2.45) is 0 Å². The molecule has 18 heavy (non-hydrogen) atoms. The van der Waals surface area contributed by atoms with Gasteiger partial charge >= 0.3 is 6.03 Å². The van der Waals surface area contributed by atoms with E-state index in [0.717, 1.165) is 4.90 Å². The molecule has 2 saturated heterocycles. The van der Waals surface area contributed by atoms with Crippen LogP contribution >= 0.6 is 0 Å². The van der Waals surface area contributed by atoms with Crippen LogP contribution in [0.4, 0.5) is 4.79 Å². The Kier molecular flexibility index (Phi) is 3.33. The monoisotopic (exact) mass is 276 g/mol. The molecule has 8 heteroatoms. The molecule has 3 amide bonds. The second-order valence-electron chi connectivity index (χ2n) is 4.53. The van der Waals surface area contributed by atoms with E-state index in [1.165, 1.54) is 4.90 Å². The van der Waals surface area contributed by atoms with Gasteiger partial charge in [0.25, 0.3) is 0 Å². The van der Waals surface area contributed by atoms with Gasteiger partial charge in [0.1, 0.15) is 0 Å². The fourth-order valence-corrected chi connectivity index (χ4v) is 4.56. The van der Waals surface area contributed by atoms with E-state index < -0.39 is 28.0 Å². The molecule has 0 saturated carbocycles. The number of imide groups is 1. The molecule has 2 aliphatic rings. The van der Waals surface area contributed by atoms with Gasteiger partial charge in [-0.05, 0) is 0 Å². The Balaban J connectivity index is 2.33. The molecular weight excluding hydrogens is 260 g/mol. The van der Waals surface area contributed by atoms with Crippen LogP contribution in [0.3, 0.4) is 0 Å². The third kappa shape index (κ3) is 1.99. The van der Waals surface area contributed by atoms with Gasteiger partial charge in [-0.2, -0.15) is 0 Å². The van der Waals surface area contributed by atoms with Crippen molar-refractivity contribution < 1.29 is 23.1 Å². The first-order chi connectivity index (χ1) is 8.41. The van der Waals surface area contributed by atoms with Crippen LogP contribution in [0.1, 0.15) is 13.3 Å². The van der Waals surface area contributed by atoms with E-state index in [2.05, 4.69) is 0 Å². The maximum absolute atomic E-state index is 12.0. The maximum atomic E-state index is 12.0. The number of aliphatic hydroxyl groups excluding tert-OH is 1. The molecule has 2 atom stereocenters. The summed E-state index contributed by atoms with van der Waals surface area (Å²) < 4.78 is 23.2.